The van der Waals surface area contributed by atoms with Gasteiger partial charge in [0.05, 0.1) is 21.3 Å². The molecule has 21 heavy (non-hydrogen) atoms. The molecule has 0 amide bonds. The number of hydrogen-bond acceptors (Lipinski definition) is 4. The van der Waals surface area contributed by atoms with Gasteiger partial charge >= 0.3 is 5.69 Å². The average Bonchev–Trinajstić information content (AvgIpc) is 2.86. The van der Waals surface area contributed by atoms with Gasteiger partial charge in [0.2, 0.25) is 0 Å². The lowest BCUT2D eigenvalue weighted by Gasteiger charge is -2.11. The first kappa shape index (κ1) is 11.7. The molecule has 0 unspecified atom stereocenters. The molecule has 0 bridgehead atoms. The topological polar surface area (TPSA) is 81.2 Å². The van der Waals surface area contributed by atoms with Crippen LogP contribution in [0.15, 0.2) is 48.5 Å². The Balaban J connectivity index is 2.35. The fourth-order valence-corrected chi connectivity index (χ4v) is 2.74. The molecule has 6 heteroatoms. The van der Waals surface area contributed by atoms with Crippen molar-refractivity contribution in [2.45, 2.75) is 0 Å². The smallest absolute Gasteiger partial charge is 0.306 e. The molecule has 6 nitrogen and oxygen atoms in total. The first-order valence-electron chi connectivity index (χ1n) is 6.34. The van der Waals surface area contributed by atoms with Gasteiger partial charge in [0.25, 0.3) is 0 Å². The zero-order valence-electron chi connectivity index (χ0n) is 10.7. The summed E-state index contributed by atoms with van der Waals surface area (Å²) in [6.07, 6.45) is 0. The molecule has 4 rings (SSSR count). The highest BCUT2D eigenvalue weighted by Gasteiger charge is 2.30. The number of rotatable bonds is 1. The van der Waals surface area contributed by atoms with E-state index in [0.717, 1.165) is 4.73 Å². The summed E-state index contributed by atoms with van der Waals surface area (Å²) in [7, 11) is 0. The average molecular weight is 279 g/mol. The van der Waals surface area contributed by atoms with E-state index in [9.17, 15) is 15.3 Å². The van der Waals surface area contributed by atoms with Crippen LogP contribution in [0, 0.1) is 10.1 Å². The summed E-state index contributed by atoms with van der Waals surface area (Å²) in [5.74, 6) is 0. The van der Waals surface area contributed by atoms with Gasteiger partial charge in [-0.1, -0.05) is 30.3 Å². The van der Waals surface area contributed by atoms with E-state index in [1.807, 2.05) is 12.1 Å². The highest BCUT2D eigenvalue weighted by Crippen LogP contribution is 2.41. The van der Waals surface area contributed by atoms with Crippen LogP contribution in [0.1, 0.15) is 0 Å². The van der Waals surface area contributed by atoms with E-state index in [0.29, 0.717) is 27.5 Å². The van der Waals surface area contributed by atoms with Gasteiger partial charge in [0.15, 0.2) is 5.69 Å². The monoisotopic (exact) mass is 279 g/mol. The van der Waals surface area contributed by atoms with Crippen molar-refractivity contribution in [2.75, 3.05) is 0 Å². The van der Waals surface area contributed by atoms with Crippen LogP contribution in [0.3, 0.4) is 0 Å². The Morgan fingerprint density at radius 3 is 2.48 bits per heavy atom. The van der Waals surface area contributed by atoms with Crippen LogP contribution in [0.2, 0.25) is 0 Å². The van der Waals surface area contributed by atoms with E-state index in [1.165, 1.54) is 0 Å². The van der Waals surface area contributed by atoms with E-state index < -0.39 is 4.92 Å². The first-order chi connectivity index (χ1) is 10.2. The van der Waals surface area contributed by atoms with Crippen LogP contribution in [-0.4, -0.2) is 19.8 Å². The van der Waals surface area contributed by atoms with Crippen molar-refractivity contribution in [3.63, 3.8) is 0 Å². The normalized spacial score (nSPS) is 11.4. The quantitative estimate of drug-likeness (QED) is 0.329. The molecule has 2 aromatic rings. The van der Waals surface area contributed by atoms with Crippen LogP contribution >= 0.6 is 0 Å². The van der Waals surface area contributed by atoms with Crippen LogP contribution in [0.25, 0.3) is 33.2 Å². The summed E-state index contributed by atoms with van der Waals surface area (Å²) in [6, 6.07) is 13.8. The summed E-state index contributed by atoms with van der Waals surface area (Å²) in [4.78, 5) is 15.4. The lowest BCUT2D eigenvalue weighted by atomic mass is 10.1. The molecule has 2 aromatic carbocycles. The maximum atomic E-state index is 11.5. The van der Waals surface area contributed by atoms with Crippen molar-refractivity contribution in [1.29, 1.82) is 0 Å². The third kappa shape index (κ3) is 1.44. The van der Waals surface area contributed by atoms with Crippen LogP contribution in [-0.2, 0) is 0 Å². The lowest BCUT2D eigenvalue weighted by Crippen LogP contribution is -2.04. The van der Waals surface area contributed by atoms with E-state index >= 15 is 0 Å². The van der Waals surface area contributed by atoms with Gasteiger partial charge < -0.3 is 5.21 Å². The van der Waals surface area contributed by atoms with E-state index in [1.54, 1.807) is 36.4 Å². The highest BCUT2D eigenvalue weighted by atomic mass is 16.6. The van der Waals surface area contributed by atoms with Crippen LogP contribution in [0.5, 0.6) is 0 Å². The molecular weight excluding hydrogens is 270 g/mol. The number of nitro groups is 1. The minimum atomic E-state index is -0.448. The van der Waals surface area contributed by atoms with E-state index in [-0.39, 0.29) is 11.4 Å². The van der Waals surface area contributed by atoms with Gasteiger partial charge in [-0.2, -0.15) is 4.73 Å². The van der Waals surface area contributed by atoms with Gasteiger partial charge in [-0.05, 0) is 18.2 Å². The zero-order valence-corrected chi connectivity index (χ0v) is 10.7. The minimum absolute atomic E-state index is 0.0814. The lowest BCUT2D eigenvalue weighted by molar-refractivity contribution is -0.382. The number of para-hydroxylation sites is 2. The Kier molecular flexibility index (Phi) is 2.18. The molecule has 0 aromatic heterocycles. The molecule has 0 spiro atoms. The maximum Gasteiger partial charge on any atom is 0.306 e. The summed E-state index contributed by atoms with van der Waals surface area (Å²) >= 11 is 0. The summed E-state index contributed by atoms with van der Waals surface area (Å²) in [5, 5.41) is 23.0. The minimum Gasteiger partial charge on any atom is -0.428 e. The molecule has 2 aliphatic rings. The van der Waals surface area contributed by atoms with Crippen molar-refractivity contribution < 1.29 is 10.1 Å². The molecule has 0 saturated carbocycles. The number of nitrogens with zero attached hydrogens (tertiary/aromatic N) is 3. The van der Waals surface area contributed by atoms with Crippen molar-refractivity contribution in [1.82, 2.24) is 9.71 Å². The Labute approximate surface area is 118 Å². The second-order valence-corrected chi connectivity index (χ2v) is 4.76. The Bertz CT molecular complexity index is 990. The summed E-state index contributed by atoms with van der Waals surface area (Å²) in [6.45, 7) is 0. The molecule has 0 atom stereocenters. The predicted octanol–water partition coefficient (Wildman–Crippen LogP) is 3.44. The first-order valence-corrected chi connectivity index (χ1v) is 6.34. The molecule has 102 valence electrons. The second-order valence-electron chi connectivity index (χ2n) is 4.76. The van der Waals surface area contributed by atoms with Gasteiger partial charge in [-0.15, -0.1) is 0 Å². The fraction of sp³-hybridized carbons (Fsp3) is 0. The molecule has 1 N–H and O–H groups in total. The number of aromatic nitrogens is 2. The number of fused-ring (bicyclic) bond motifs is 4. The molecule has 2 heterocycles. The third-order valence-electron chi connectivity index (χ3n) is 3.62. The van der Waals surface area contributed by atoms with E-state index in [2.05, 4.69) is 4.98 Å². The molecule has 0 aliphatic carbocycles. The van der Waals surface area contributed by atoms with Gasteiger partial charge in [0, 0.05) is 5.39 Å². The van der Waals surface area contributed by atoms with Crippen LogP contribution < -0.4 is 0 Å². The fourth-order valence-electron chi connectivity index (χ4n) is 2.74. The largest absolute Gasteiger partial charge is 0.428 e. The molecular formula is C15H9N3O3. The molecule has 0 saturated heterocycles. The Morgan fingerprint density at radius 1 is 1.05 bits per heavy atom. The third-order valence-corrected chi connectivity index (χ3v) is 3.62. The highest BCUT2D eigenvalue weighted by molar-refractivity contribution is 6.05. The molecule has 2 aliphatic heterocycles. The van der Waals surface area contributed by atoms with Gasteiger partial charge in [0.1, 0.15) is 5.69 Å². The summed E-state index contributed by atoms with van der Waals surface area (Å²) < 4.78 is 0.979. The molecule has 0 radical (unpaired) electrons. The second kappa shape index (κ2) is 3.92. The van der Waals surface area contributed by atoms with Gasteiger partial charge in [-0.25, -0.2) is 4.98 Å². The maximum absolute atomic E-state index is 11.5. The number of pyridine rings is 1. The number of hydrogen-bond donors (Lipinski definition) is 1. The Morgan fingerprint density at radius 2 is 1.71 bits per heavy atom. The van der Waals surface area contributed by atoms with Crippen molar-refractivity contribution in [3.8, 4) is 11.4 Å². The zero-order chi connectivity index (χ0) is 14.6. The van der Waals surface area contributed by atoms with E-state index in [4.69, 9.17) is 0 Å². The predicted molar refractivity (Wildman–Crippen MR) is 77.7 cm³/mol. The van der Waals surface area contributed by atoms with Crippen molar-refractivity contribution >= 4 is 27.5 Å². The van der Waals surface area contributed by atoms with Crippen molar-refractivity contribution in [3.05, 3.63) is 58.6 Å². The standard InChI is InChI=1S/C15H9N3O3/c19-17-12-8-4-2-6-10(12)15(18(20)21)13-14(17)9-5-1-3-7-11(9)16-13/h1-8,19H. The van der Waals surface area contributed by atoms with Crippen LogP contribution in [0.4, 0.5) is 5.69 Å². The SMILES string of the molecule is O=[N+]([O-])c1c2nc3ccccc3c-2n(O)c2ccccc12. The van der Waals surface area contributed by atoms with Crippen molar-refractivity contribution in [2.24, 2.45) is 0 Å². The van der Waals surface area contributed by atoms with Gasteiger partial charge in [-0.3, -0.25) is 10.1 Å². The number of benzene rings is 2. The summed E-state index contributed by atoms with van der Waals surface area (Å²) in [5.41, 5.74) is 1.48. The molecule has 0 fully saturated rings. The Hall–Kier alpha value is -3.15.